The van der Waals surface area contributed by atoms with Gasteiger partial charge in [-0.3, -0.25) is 4.79 Å². The Morgan fingerprint density at radius 1 is 0.756 bits per heavy atom. The van der Waals surface area contributed by atoms with E-state index >= 15 is 0 Å². The normalized spacial score (nSPS) is 15.5. The molecule has 3 nitrogen and oxygen atoms in total. The van der Waals surface area contributed by atoms with Gasteiger partial charge < -0.3 is 4.90 Å². The lowest BCUT2D eigenvalue weighted by Crippen LogP contribution is -2.51. The van der Waals surface area contributed by atoms with Crippen molar-refractivity contribution in [3.63, 3.8) is 0 Å². The number of rotatable bonds is 10. The maximum absolute atomic E-state index is 13.8. The quantitative estimate of drug-likeness (QED) is 0.162. The third-order valence-electron chi connectivity index (χ3n) is 8.55. The summed E-state index contributed by atoms with van der Waals surface area (Å²) in [4.78, 5) is 17.6. The fraction of sp³-hybridized carbons (Fsp3) is 0.216. The van der Waals surface area contributed by atoms with Crippen molar-refractivity contribution in [2.75, 3.05) is 19.6 Å². The summed E-state index contributed by atoms with van der Waals surface area (Å²) in [5, 5.41) is 2.01. The van der Waals surface area contributed by atoms with E-state index in [2.05, 4.69) is 65.6 Å². The van der Waals surface area contributed by atoms with Gasteiger partial charge in [-0.2, -0.15) is 0 Å². The molecule has 1 heterocycles. The van der Waals surface area contributed by atoms with Gasteiger partial charge in [0.25, 0.3) is 0 Å². The number of hydrogen-bond donors (Lipinski definition) is 0. The maximum Gasteiger partial charge on any atom is 0.167 e. The van der Waals surface area contributed by atoms with Crippen LogP contribution in [0.4, 0.5) is 0 Å². The van der Waals surface area contributed by atoms with E-state index in [0.29, 0.717) is 22.3 Å². The Balaban J connectivity index is 0.00000353. The van der Waals surface area contributed by atoms with Crippen LogP contribution < -0.4 is 0 Å². The average molecular weight is 560 g/mol. The fourth-order valence-corrected chi connectivity index (χ4v) is 7.48. The summed E-state index contributed by atoms with van der Waals surface area (Å²) in [6.07, 6.45) is 1.04. The standard InChI is InChI=1S/C37H35NO2S.H2/c1-27(31-25-38(26-31)24-23-32(28-13-4-2-5-14-28)29-15-6-3-7-16-29)37(39)34-20-10-11-21-36(34)41(40)35-22-12-18-30-17-8-9-19-33(30)35;/h2-22,27,31-32H,23-26H2,1H3;1H. The molecule has 1 aliphatic rings. The molecule has 2 atom stereocenters. The molecule has 208 valence electrons. The van der Waals surface area contributed by atoms with Gasteiger partial charge in [0.05, 0.1) is 20.6 Å². The third-order valence-corrected chi connectivity index (χ3v) is 10.1. The van der Waals surface area contributed by atoms with Crippen molar-refractivity contribution < 1.29 is 10.4 Å². The molecule has 0 N–H and O–H groups in total. The molecule has 5 aromatic carbocycles. The minimum atomic E-state index is -1.45. The number of Topliss-reactive ketones (excluding diaryl/α,β-unsaturated/α-hetero) is 1. The maximum atomic E-state index is 13.8. The number of fused-ring (bicyclic) bond motifs is 1. The summed E-state index contributed by atoms with van der Waals surface area (Å²) in [7, 11) is -1.45. The Morgan fingerprint density at radius 3 is 2.02 bits per heavy atom. The van der Waals surface area contributed by atoms with Crippen LogP contribution in [0.25, 0.3) is 10.8 Å². The van der Waals surface area contributed by atoms with E-state index in [1.807, 2.05) is 73.7 Å². The Kier molecular flexibility index (Phi) is 8.22. The second-order valence-electron chi connectivity index (χ2n) is 11.1. The first kappa shape index (κ1) is 27.3. The lowest BCUT2D eigenvalue weighted by molar-refractivity contribution is 0.0504. The molecule has 41 heavy (non-hydrogen) atoms. The zero-order valence-corrected chi connectivity index (χ0v) is 24.2. The molecule has 2 unspecified atom stereocenters. The number of hydrogen-bond acceptors (Lipinski definition) is 3. The van der Waals surface area contributed by atoms with Gasteiger partial charge in [0.1, 0.15) is 0 Å². The number of nitrogens with zero attached hydrogens (tertiary/aromatic N) is 1. The molecule has 1 saturated heterocycles. The SMILES string of the molecule is CC(C(=O)c1ccccc1S(=O)c1cccc2ccccc12)C1CN(CCC(c2ccccc2)c2ccccc2)C1.[HH]. The molecule has 1 fully saturated rings. The predicted octanol–water partition coefficient (Wildman–Crippen LogP) is 8.23. The van der Waals surface area contributed by atoms with Gasteiger partial charge in [-0.05, 0) is 52.9 Å². The van der Waals surface area contributed by atoms with Crippen LogP contribution in [0.5, 0.6) is 0 Å². The van der Waals surface area contributed by atoms with Gasteiger partial charge in [0, 0.05) is 31.9 Å². The van der Waals surface area contributed by atoms with Gasteiger partial charge in [0.15, 0.2) is 5.78 Å². The van der Waals surface area contributed by atoms with E-state index in [1.54, 1.807) is 0 Å². The molecule has 0 amide bonds. The zero-order chi connectivity index (χ0) is 28.2. The molecular formula is C37H37NO2S. The molecule has 0 radical (unpaired) electrons. The fourth-order valence-electron chi connectivity index (χ4n) is 6.08. The topological polar surface area (TPSA) is 37.4 Å². The number of ketones is 1. The van der Waals surface area contributed by atoms with Gasteiger partial charge in [-0.15, -0.1) is 0 Å². The van der Waals surface area contributed by atoms with Gasteiger partial charge in [-0.1, -0.05) is 122 Å². The zero-order valence-electron chi connectivity index (χ0n) is 23.4. The molecule has 0 aliphatic carbocycles. The van der Waals surface area contributed by atoms with E-state index in [0.717, 1.165) is 41.7 Å². The smallest absolute Gasteiger partial charge is 0.167 e. The summed E-state index contributed by atoms with van der Waals surface area (Å²) >= 11 is 0. The number of carbonyl (C=O) groups excluding carboxylic acids is 1. The van der Waals surface area contributed by atoms with Gasteiger partial charge in [-0.25, -0.2) is 4.21 Å². The monoisotopic (exact) mass is 559 g/mol. The van der Waals surface area contributed by atoms with E-state index in [4.69, 9.17) is 0 Å². The molecule has 0 aromatic heterocycles. The molecule has 4 heteroatoms. The number of likely N-dealkylation sites (tertiary alicyclic amines) is 1. The van der Waals surface area contributed by atoms with Crippen molar-refractivity contribution in [1.29, 1.82) is 0 Å². The first-order chi connectivity index (χ1) is 20.1. The van der Waals surface area contributed by atoms with Crippen LogP contribution >= 0.6 is 0 Å². The van der Waals surface area contributed by atoms with Crippen molar-refractivity contribution in [2.24, 2.45) is 11.8 Å². The average Bonchev–Trinajstić information content (AvgIpc) is 3.02. The summed E-state index contributed by atoms with van der Waals surface area (Å²) in [5.41, 5.74) is 3.27. The molecular weight excluding hydrogens is 522 g/mol. The Hall–Kier alpha value is -3.86. The van der Waals surface area contributed by atoms with Crippen molar-refractivity contribution in [3.8, 4) is 0 Å². The molecule has 0 saturated carbocycles. The molecule has 5 aromatic rings. The van der Waals surface area contributed by atoms with Crippen LogP contribution in [-0.4, -0.2) is 34.5 Å². The summed E-state index contributed by atoms with van der Waals surface area (Å²) < 4.78 is 13.8. The van der Waals surface area contributed by atoms with Crippen LogP contribution in [0.2, 0.25) is 0 Å². The van der Waals surface area contributed by atoms with E-state index in [9.17, 15) is 9.00 Å². The van der Waals surface area contributed by atoms with Crippen molar-refractivity contribution in [2.45, 2.75) is 29.1 Å². The lowest BCUT2D eigenvalue weighted by atomic mass is 9.81. The van der Waals surface area contributed by atoms with Gasteiger partial charge >= 0.3 is 0 Å². The summed E-state index contributed by atoms with van der Waals surface area (Å²) in [6, 6.07) is 42.8. The van der Waals surface area contributed by atoms with Crippen molar-refractivity contribution in [1.82, 2.24) is 4.90 Å². The Morgan fingerprint density at radius 2 is 1.32 bits per heavy atom. The highest BCUT2D eigenvalue weighted by Gasteiger charge is 2.36. The minimum Gasteiger partial charge on any atom is -0.303 e. The van der Waals surface area contributed by atoms with E-state index in [1.165, 1.54) is 11.1 Å². The second-order valence-corrected chi connectivity index (χ2v) is 12.5. The first-order valence-corrected chi connectivity index (χ1v) is 15.6. The Labute approximate surface area is 246 Å². The van der Waals surface area contributed by atoms with Crippen LogP contribution in [0.3, 0.4) is 0 Å². The molecule has 0 bridgehead atoms. The molecule has 6 rings (SSSR count). The van der Waals surface area contributed by atoms with Crippen LogP contribution in [0.15, 0.2) is 137 Å². The molecule has 0 spiro atoms. The lowest BCUT2D eigenvalue weighted by Gasteiger charge is -2.42. The third kappa shape index (κ3) is 5.81. The minimum absolute atomic E-state index is 0. The van der Waals surface area contributed by atoms with Crippen molar-refractivity contribution in [3.05, 3.63) is 144 Å². The van der Waals surface area contributed by atoms with E-state index in [-0.39, 0.29) is 13.1 Å². The number of benzene rings is 5. The first-order valence-electron chi connectivity index (χ1n) is 14.4. The highest BCUT2D eigenvalue weighted by atomic mass is 32.2. The highest BCUT2D eigenvalue weighted by Crippen LogP contribution is 2.33. The van der Waals surface area contributed by atoms with Gasteiger partial charge in [0.2, 0.25) is 0 Å². The largest absolute Gasteiger partial charge is 0.303 e. The van der Waals surface area contributed by atoms with E-state index < -0.39 is 10.8 Å². The van der Waals surface area contributed by atoms with Crippen LogP contribution in [0, 0.1) is 11.8 Å². The molecule has 1 aliphatic heterocycles. The Bertz CT molecular complexity index is 1620. The second kappa shape index (κ2) is 12.3. The van der Waals surface area contributed by atoms with Crippen LogP contribution in [-0.2, 0) is 10.8 Å². The highest BCUT2D eigenvalue weighted by molar-refractivity contribution is 7.85. The predicted molar refractivity (Wildman–Crippen MR) is 170 cm³/mol. The number of carbonyl (C=O) groups is 1. The summed E-state index contributed by atoms with van der Waals surface area (Å²) in [5.74, 6) is 0.612. The van der Waals surface area contributed by atoms with Crippen LogP contribution in [0.1, 0.15) is 42.2 Å². The summed E-state index contributed by atoms with van der Waals surface area (Å²) in [6.45, 7) is 4.86. The van der Waals surface area contributed by atoms with Crippen molar-refractivity contribution >= 4 is 27.4 Å².